The Balaban J connectivity index is 1.64. The van der Waals surface area contributed by atoms with Crippen LogP contribution in [-0.4, -0.2) is 36.6 Å². The van der Waals surface area contributed by atoms with Crippen molar-refractivity contribution in [1.29, 1.82) is 0 Å². The van der Waals surface area contributed by atoms with Crippen LogP contribution >= 0.6 is 0 Å². The fourth-order valence-corrected chi connectivity index (χ4v) is 2.55. The Labute approximate surface area is 121 Å². The lowest BCUT2D eigenvalue weighted by molar-refractivity contribution is -0.0604. The van der Waals surface area contributed by atoms with Crippen molar-refractivity contribution in [2.24, 2.45) is 11.1 Å². The van der Waals surface area contributed by atoms with Crippen LogP contribution in [0.3, 0.4) is 0 Å². The number of amides is 2. The lowest BCUT2D eigenvalue weighted by Gasteiger charge is -2.27. The Bertz CT molecular complexity index is 404. The van der Waals surface area contributed by atoms with Crippen LogP contribution in [0.2, 0.25) is 0 Å². The van der Waals surface area contributed by atoms with Crippen molar-refractivity contribution >= 4 is 11.7 Å². The number of hydrogen-bond acceptors (Lipinski definition) is 3. The summed E-state index contributed by atoms with van der Waals surface area (Å²) in [7, 11) is 0. The van der Waals surface area contributed by atoms with Gasteiger partial charge in [0, 0.05) is 12.5 Å². The topological polar surface area (TPSA) is 62.7 Å². The molecule has 120 valence electrons. The first-order chi connectivity index (χ1) is 9.84. The van der Waals surface area contributed by atoms with Crippen LogP contribution in [-0.2, 0) is 4.84 Å². The van der Waals surface area contributed by atoms with Gasteiger partial charge in [-0.1, -0.05) is 12.1 Å². The number of carbonyl (C=O) groups excluding carboxylic acids is 1. The fraction of sp³-hybridized carbons (Fsp3) is 0.846. The molecule has 1 fully saturated rings. The van der Waals surface area contributed by atoms with E-state index in [0.29, 0.717) is 5.92 Å². The number of carbonyl (C=O) groups is 1. The third-order valence-electron chi connectivity index (χ3n) is 3.90. The molecule has 2 rings (SSSR count). The summed E-state index contributed by atoms with van der Waals surface area (Å²) in [5, 5.41) is 8.39. The van der Waals surface area contributed by atoms with Crippen LogP contribution in [0.5, 0.6) is 0 Å². The number of rotatable bonds is 3. The number of urea groups is 1. The molecule has 0 aromatic heterocycles. The van der Waals surface area contributed by atoms with E-state index in [-0.39, 0.29) is 25.0 Å². The highest BCUT2D eigenvalue weighted by atomic mass is 19.4. The maximum atomic E-state index is 12.4. The van der Waals surface area contributed by atoms with E-state index in [1.54, 1.807) is 0 Å². The fourth-order valence-electron chi connectivity index (χ4n) is 2.55. The first-order valence-electron chi connectivity index (χ1n) is 7.19. The SMILES string of the molecule is CC1CCC(NC(=O)NCC2CC(C(F)(F)F)=NO2)CC1. The number of hydrogen-bond donors (Lipinski definition) is 2. The van der Waals surface area contributed by atoms with Gasteiger partial charge in [-0.2, -0.15) is 13.2 Å². The molecule has 2 amide bonds. The zero-order valence-corrected chi connectivity index (χ0v) is 11.9. The predicted molar refractivity (Wildman–Crippen MR) is 70.9 cm³/mol. The maximum absolute atomic E-state index is 12.4. The maximum Gasteiger partial charge on any atom is 0.432 e. The predicted octanol–water partition coefficient (Wildman–Crippen LogP) is 2.57. The van der Waals surface area contributed by atoms with Gasteiger partial charge >= 0.3 is 12.2 Å². The normalized spacial score (nSPS) is 29.5. The molecule has 0 saturated heterocycles. The van der Waals surface area contributed by atoms with Gasteiger partial charge in [0.15, 0.2) is 11.8 Å². The molecule has 2 aliphatic rings. The quantitative estimate of drug-likeness (QED) is 0.842. The number of nitrogens with zero attached hydrogens (tertiary/aromatic N) is 1. The molecule has 0 spiro atoms. The van der Waals surface area contributed by atoms with E-state index in [2.05, 4.69) is 27.6 Å². The molecule has 21 heavy (non-hydrogen) atoms. The Morgan fingerprint density at radius 3 is 2.57 bits per heavy atom. The molecule has 8 heteroatoms. The summed E-state index contributed by atoms with van der Waals surface area (Å²) in [6.07, 6.45) is -1.50. The minimum Gasteiger partial charge on any atom is -0.390 e. The van der Waals surface area contributed by atoms with Crippen molar-refractivity contribution in [2.75, 3.05) is 6.54 Å². The molecule has 1 unspecified atom stereocenters. The average Bonchev–Trinajstić information content (AvgIpc) is 2.88. The lowest BCUT2D eigenvalue weighted by atomic mass is 9.87. The standard InChI is InChI=1S/C13H20F3N3O2/c1-8-2-4-9(5-3-8)18-12(20)17-7-10-6-11(19-21-10)13(14,15)16/h8-10H,2-7H2,1H3,(H2,17,18,20). The van der Waals surface area contributed by atoms with Gasteiger partial charge in [0.1, 0.15) is 0 Å². The molecule has 2 N–H and O–H groups in total. The molecule has 5 nitrogen and oxygen atoms in total. The molecule has 1 atom stereocenters. The van der Waals surface area contributed by atoms with Crippen LogP contribution in [0.25, 0.3) is 0 Å². The smallest absolute Gasteiger partial charge is 0.390 e. The Kier molecular flexibility index (Phi) is 4.95. The summed E-state index contributed by atoms with van der Waals surface area (Å²) in [4.78, 5) is 16.4. The van der Waals surface area contributed by atoms with Gasteiger partial charge in [-0.05, 0) is 31.6 Å². The van der Waals surface area contributed by atoms with E-state index in [9.17, 15) is 18.0 Å². The van der Waals surface area contributed by atoms with Crippen LogP contribution in [0.15, 0.2) is 5.16 Å². The number of alkyl halides is 3. The average molecular weight is 307 g/mol. The Hall–Kier alpha value is -1.47. The summed E-state index contributed by atoms with van der Waals surface area (Å²) < 4.78 is 37.1. The number of nitrogens with one attached hydrogen (secondary N) is 2. The van der Waals surface area contributed by atoms with E-state index in [1.165, 1.54) is 0 Å². The van der Waals surface area contributed by atoms with E-state index < -0.39 is 18.0 Å². The minimum absolute atomic E-state index is 0.0119. The van der Waals surface area contributed by atoms with Crippen molar-refractivity contribution < 1.29 is 22.8 Å². The van der Waals surface area contributed by atoms with Gasteiger partial charge in [-0.15, -0.1) is 0 Å². The van der Waals surface area contributed by atoms with E-state index in [0.717, 1.165) is 25.7 Å². The van der Waals surface area contributed by atoms with Gasteiger partial charge in [0.05, 0.1) is 6.54 Å². The van der Waals surface area contributed by atoms with Gasteiger partial charge in [-0.25, -0.2) is 4.79 Å². The van der Waals surface area contributed by atoms with Crippen LogP contribution in [0.1, 0.15) is 39.0 Å². The van der Waals surface area contributed by atoms with Gasteiger partial charge in [0.2, 0.25) is 0 Å². The first kappa shape index (κ1) is 15.9. The molecule has 1 saturated carbocycles. The summed E-state index contributed by atoms with van der Waals surface area (Å²) in [5.74, 6) is 0.691. The Morgan fingerprint density at radius 1 is 1.33 bits per heavy atom. The van der Waals surface area contributed by atoms with Gasteiger partial charge in [-0.3, -0.25) is 0 Å². The van der Waals surface area contributed by atoms with Crippen LogP contribution < -0.4 is 10.6 Å². The minimum atomic E-state index is -4.46. The van der Waals surface area contributed by atoms with Crippen molar-refractivity contribution in [3.63, 3.8) is 0 Å². The highest BCUT2D eigenvalue weighted by Crippen LogP contribution is 2.25. The molecular formula is C13H20F3N3O2. The molecule has 1 aliphatic heterocycles. The summed E-state index contributed by atoms with van der Waals surface area (Å²) in [5.41, 5.74) is -0.934. The summed E-state index contributed by atoms with van der Waals surface area (Å²) in [6, 6.07) is -0.216. The van der Waals surface area contributed by atoms with Gasteiger partial charge < -0.3 is 15.5 Å². The second-order valence-electron chi connectivity index (χ2n) is 5.78. The van der Waals surface area contributed by atoms with Crippen molar-refractivity contribution in [3.8, 4) is 0 Å². The molecular weight excluding hydrogens is 287 g/mol. The second-order valence-corrected chi connectivity index (χ2v) is 5.78. The monoisotopic (exact) mass is 307 g/mol. The molecule has 0 aromatic carbocycles. The highest BCUT2D eigenvalue weighted by Gasteiger charge is 2.41. The van der Waals surface area contributed by atoms with Crippen molar-refractivity contribution in [3.05, 3.63) is 0 Å². The second kappa shape index (κ2) is 6.53. The van der Waals surface area contributed by atoms with Crippen LogP contribution in [0.4, 0.5) is 18.0 Å². The lowest BCUT2D eigenvalue weighted by Crippen LogP contribution is -2.45. The molecule has 0 radical (unpaired) electrons. The molecule has 1 aliphatic carbocycles. The summed E-state index contributed by atoms with van der Waals surface area (Å²) in [6.45, 7) is 2.20. The third-order valence-corrected chi connectivity index (χ3v) is 3.90. The number of halogens is 3. The molecule has 1 heterocycles. The zero-order chi connectivity index (χ0) is 15.5. The zero-order valence-electron chi connectivity index (χ0n) is 11.9. The third kappa shape index (κ3) is 4.78. The molecule has 0 bridgehead atoms. The van der Waals surface area contributed by atoms with E-state index in [1.807, 2.05) is 0 Å². The summed E-state index contributed by atoms with van der Waals surface area (Å²) >= 11 is 0. The van der Waals surface area contributed by atoms with Crippen molar-refractivity contribution in [1.82, 2.24) is 10.6 Å². The Morgan fingerprint density at radius 2 is 2.00 bits per heavy atom. The van der Waals surface area contributed by atoms with Crippen LogP contribution in [0, 0.1) is 5.92 Å². The van der Waals surface area contributed by atoms with E-state index in [4.69, 9.17) is 0 Å². The largest absolute Gasteiger partial charge is 0.432 e. The van der Waals surface area contributed by atoms with Gasteiger partial charge in [0.25, 0.3) is 0 Å². The molecule has 0 aromatic rings. The van der Waals surface area contributed by atoms with Crippen molar-refractivity contribution in [2.45, 2.75) is 57.3 Å². The number of oxime groups is 1. The van der Waals surface area contributed by atoms with E-state index >= 15 is 0 Å². The highest BCUT2D eigenvalue weighted by molar-refractivity contribution is 5.90. The first-order valence-corrected chi connectivity index (χ1v) is 7.19.